The third-order valence-electron chi connectivity index (χ3n) is 1.24. The number of nitrogens with one attached hydrogen (secondary N) is 1. The maximum Gasteiger partial charge on any atom is 0.319 e. The number of alkyl halides is 4. The second kappa shape index (κ2) is 4.89. The van der Waals surface area contributed by atoms with Crippen molar-refractivity contribution >= 4 is 10.0 Å². The van der Waals surface area contributed by atoms with Crippen LogP contribution >= 0.6 is 0 Å². The quantitative estimate of drug-likeness (QED) is 0.495. The molecule has 14 heavy (non-hydrogen) atoms. The molecule has 0 aliphatic carbocycles. The zero-order chi connectivity index (χ0) is 11.4. The number of rotatable bonds is 6. The lowest BCUT2D eigenvalue weighted by Gasteiger charge is -2.15. The summed E-state index contributed by atoms with van der Waals surface area (Å²) < 4.78 is 68.0. The molecule has 0 radical (unpaired) electrons. The highest BCUT2D eigenvalue weighted by Gasteiger charge is 2.39. The van der Waals surface area contributed by atoms with Gasteiger partial charge in [0.2, 0.25) is 10.0 Å². The summed E-state index contributed by atoms with van der Waals surface area (Å²) in [6.07, 6.45) is -3.77. The highest BCUT2D eigenvalue weighted by atomic mass is 32.2. The van der Waals surface area contributed by atoms with Crippen LogP contribution in [0.2, 0.25) is 0 Å². The van der Waals surface area contributed by atoms with Crippen LogP contribution in [0, 0.1) is 0 Å². The fourth-order valence-electron chi connectivity index (χ4n) is 0.547. The third kappa shape index (κ3) is 6.11. The normalized spacial score (nSPS) is 13.6. The minimum Gasteiger partial charge on any atom is -0.310 e. The lowest BCUT2D eigenvalue weighted by molar-refractivity contribution is -0.124. The number of hydrogen-bond donors (Lipinski definition) is 2. The molecule has 9 heteroatoms. The van der Waals surface area contributed by atoms with Gasteiger partial charge in [0, 0.05) is 6.54 Å². The van der Waals surface area contributed by atoms with E-state index in [0.29, 0.717) is 0 Å². The Morgan fingerprint density at radius 1 is 1.36 bits per heavy atom. The minimum absolute atomic E-state index is 0.388. The van der Waals surface area contributed by atoms with E-state index in [0.717, 1.165) is 0 Å². The van der Waals surface area contributed by atoms with Gasteiger partial charge in [-0.1, -0.05) is 0 Å². The molecule has 0 aromatic rings. The maximum absolute atomic E-state index is 12.2. The summed E-state index contributed by atoms with van der Waals surface area (Å²) >= 11 is 0. The number of sulfonamides is 1. The van der Waals surface area contributed by atoms with Gasteiger partial charge in [-0.2, -0.15) is 8.78 Å². The van der Waals surface area contributed by atoms with Crippen LogP contribution in [0.1, 0.15) is 0 Å². The maximum atomic E-state index is 12.2. The summed E-state index contributed by atoms with van der Waals surface area (Å²) in [5.41, 5.74) is 0. The van der Waals surface area contributed by atoms with E-state index < -0.39 is 34.7 Å². The molecular weight excluding hydrogens is 228 g/mol. The molecule has 0 aromatic heterocycles. The summed E-state index contributed by atoms with van der Waals surface area (Å²) in [6, 6.07) is 0. The molecule has 0 atom stereocenters. The van der Waals surface area contributed by atoms with Crippen LogP contribution in [-0.2, 0) is 10.0 Å². The minimum atomic E-state index is -4.15. The molecule has 0 aliphatic rings. The van der Waals surface area contributed by atoms with Crippen LogP contribution in [0.15, 0.2) is 0 Å². The Balaban J connectivity index is 3.76. The Bertz CT molecular complexity index is 267. The highest BCUT2D eigenvalue weighted by Crippen LogP contribution is 2.21. The van der Waals surface area contributed by atoms with Crippen molar-refractivity contribution in [2.24, 2.45) is 5.14 Å². The topological polar surface area (TPSA) is 72.2 Å². The summed E-state index contributed by atoms with van der Waals surface area (Å²) in [6.45, 7) is -1.67. The first kappa shape index (κ1) is 13.6. The SMILES string of the molecule is NS(=O)(=O)CCNCC(F)(F)C(F)F. The van der Waals surface area contributed by atoms with E-state index in [1.165, 1.54) is 0 Å². The molecule has 0 amide bonds. The second-order valence-corrected chi connectivity index (χ2v) is 4.34. The second-order valence-electron chi connectivity index (χ2n) is 2.61. The van der Waals surface area contributed by atoms with E-state index in [1.54, 1.807) is 0 Å². The van der Waals surface area contributed by atoms with Gasteiger partial charge in [0.15, 0.2) is 0 Å². The number of halogens is 4. The predicted molar refractivity (Wildman–Crippen MR) is 41.8 cm³/mol. The van der Waals surface area contributed by atoms with Crippen molar-refractivity contribution in [1.29, 1.82) is 0 Å². The van der Waals surface area contributed by atoms with Crippen molar-refractivity contribution in [3.63, 3.8) is 0 Å². The molecule has 0 aliphatic heterocycles. The van der Waals surface area contributed by atoms with Gasteiger partial charge in [-0.05, 0) is 0 Å². The number of primary sulfonamides is 1. The molecule has 0 fully saturated rings. The van der Waals surface area contributed by atoms with Gasteiger partial charge in [-0.3, -0.25) is 0 Å². The van der Waals surface area contributed by atoms with Crippen LogP contribution in [0.3, 0.4) is 0 Å². The van der Waals surface area contributed by atoms with Gasteiger partial charge >= 0.3 is 12.3 Å². The van der Waals surface area contributed by atoms with Crippen molar-refractivity contribution < 1.29 is 26.0 Å². The fraction of sp³-hybridized carbons (Fsp3) is 1.00. The monoisotopic (exact) mass is 238 g/mol. The first-order valence-corrected chi connectivity index (χ1v) is 5.24. The van der Waals surface area contributed by atoms with Crippen molar-refractivity contribution in [3.8, 4) is 0 Å². The zero-order valence-corrected chi connectivity index (χ0v) is 7.83. The van der Waals surface area contributed by atoms with Gasteiger partial charge in [0.05, 0.1) is 12.3 Å². The standard InChI is InChI=1S/C5H10F4N2O2S/c6-4(7)5(8,9)3-11-1-2-14(10,12)13/h4,11H,1-3H2,(H2,10,12,13). The zero-order valence-electron chi connectivity index (χ0n) is 7.01. The van der Waals surface area contributed by atoms with Crippen molar-refractivity contribution in [1.82, 2.24) is 5.32 Å². The molecule has 0 saturated carbocycles. The van der Waals surface area contributed by atoms with E-state index in [9.17, 15) is 26.0 Å². The van der Waals surface area contributed by atoms with Crippen molar-refractivity contribution in [2.45, 2.75) is 12.3 Å². The first-order chi connectivity index (χ1) is 6.15. The molecule has 0 unspecified atom stereocenters. The van der Waals surface area contributed by atoms with E-state index >= 15 is 0 Å². The average Bonchev–Trinajstić information content (AvgIpc) is 1.96. The van der Waals surface area contributed by atoms with Crippen LogP contribution in [-0.4, -0.2) is 39.6 Å². The lowest BCUT2D eigenvalue weighted by Crippen LogP contribution is -2.40. The van der Waals surface area contributed by atoms with Crippen LogP contribution < -0.4 is 10.5 Å². The van der Waals surface area contributed by atoms with Gasteiger partial charge < -0.3 is 5.32 Å². The summed E-state index contributed by atoms with van der Waals surface area (Å²) in [4.78, 5) is 0. The first-order valence-electron chi connectivity index (χ1n) is 3.52. The summed E-state index contributed by atoms with van der Waals surface area (Å²) in [5.74, 6) is -4.73. The third-order valence-corrected chi connectivity index (χ3v) is 2.02. The fourth-order valence-corrected chi connectivity index (χ4v) is 0.975. The van der Waals surface area contributed by atoms with E-state index in [1.807, 2.05) is 5.32 Å². The Morgan fingerprint density at radius 2 is 1.86 bits per heavy atom. The molecule has 0 spiro atoms. The molecule has 0 bridgehead atoms. The molecule has 0 saturated heterocycles. The number of nitrogens with two attached hydrogens (primary N) is 1. The molecule has 0 rings (SSSR count). The van der Waals surface area contributed by atoms with E-state index in [4.69, 9.17) is 0 Å². The van der Waals surface area contributed by atoms with Crippen molar-refractivity contribution in [2.75, 3.05) is 18.8 Å². The molecule has 4 nitrogen and oxygen atoms in total. The molecular formula is C5H10F4N2O2S. The average molecular weight is 238 g/mol. The van der Waals surface area contributed by atoms with Crippen molar-refractivity contribution in [3.05, 3.63) is 0 Å². The largest absolute Gasteiger partial charge is 0.319 e. The highest BCUT2D eigenvalue weighted by molar-refractivity contribution is 7.89. The summed E-state index contributed by atoms with van der Waals surface area (Å²) in [5, 5.41) is 6.42. The molecule has 0 aromatic carbocycles. The molecule has 3 N–H and O–H groups in total. The lowest BCUT2D eigenvalue weighted by atomic mass is 10.3. The van der Waals surface area contributed by atoms with E-state index in [-0.39, 0.29) is 6.54 Å². The van der Waals surface area contributed by atoms with E-state index in [2.05, 4.69) is 5.14 Å². The summed E-state index contributed by atoms with van der Waals surface area (Å²) in [7, 11) is -3.76. The molecule has 86 valence electrons. The Labute approximate surface area is 78.5 Å². The Kier molecular flexibility index (Phi) is 4.75. The predicted octanol–water partition coefficient (Wildman–Crippen LogP) is -0.235. The number of hydrogen-bond acceptors (Lipinski definition) is 3. The van der Waals surface area contributed by atoms with Crippen LogP contribution in [0.5, 0.6) is 0 Å². The van der Waals surface area contributed by atoms with Gasteiger partial charge in [0.1, 0.15) is 0 Å². The molecule has 0 heterocycles. The van der Waals surface area contributed by atoms with Gasteiger partial charge in [0.25, 0.3) is 0 Å². The van der Waals surface area contributed by atoms with Gasteiger partial charge in [-0.15, -0.1) is 0 Å². The van der Waals surface area contributed by atoms with Crippen LogP contribution in [0.4, 0.5) is 17.6 Å². The van der Waals surface area contributed by atoms with Crippen LogP contribution in [0.25, 0.3) is 0 Å². The van der Waals surface area contributed by atoms with Gasteiger partial charge in [-0.25, -0.2) is 22.3 Å². The Hall–Kier alpha value is -0.410. The smallest absolute Gasteiger partial charge is 0.310 e. The Morgan fingerprint density at radius 3 is 2.21 bits per heavy atom.